The third-order valence-corrected chi connectivity index (χ3v) is 3.78. The van der Waals surface area contributed by atoms with Crippen LogP contribution in [0.25, 0.3) is 0 Å². The maximum absolute atomic E-state index is 12.1. The van der Waals surface area contributed by atoms with Crippen molar-refractivity contribution < 1.29 is 9.59 Å². The van der Waals surface area contributed by atoms with Crippen LogP contribution in [0.4, 0.5) is 10.7 Å². The number of carbonyl (C=O) groups is 2. The number of anilines is 2. The number of nitrogens with one attached hydrogen (secondary N) is 2. The Morgan fingerprint density at radius 1 is 1.36 bits per heavy atom. The van der Waals surface area contributed by atoms with Crippen molar-refractivity contribution in [1.29, 1.82) is 5.26 Å². The van der Waals surface area contributed by atoms with E-state index in [1.165, 1.54) is 11.3 Å². The summed E-state index contributed by atoms with van der Waals surface area (Å²) in [5, 5.41) is 16.9. The maximum Gasteiger partial charge on any atom is 0.248 e. The molecule has 2 amide bonds. The second kappa shape index (κ2) is 6.74. The van der Waals surface area contributed by atoms with Gasteiger partial charge < -0.3 is 16.4 Å². The van der Waals surface area contributed by atoms with Crippen LogP contribution < -0.4 is 16.4 Å². The second-order valence-corrected chi connectivity index (χ2v) is 5.49. The number of nitrogens with zero attached hydrogens (tertiary/aromatic N) is 1. The lowest BCUT2D eigenvalue weighted by molar-refractivity contribution is -0.116. The van der Waals surface area contributed by atoms with Gasteiger partial charge in [0.25, 0.3) is 0 Å². The number of amides is 2. The van der Waals surface area contributed by atoms with Gasteiger partial charge in [-0.05, 0) is 36.6 Å². The molecule has 6 nitrogen and oxygen atoms in total. The lowest BCUT2D eigenvalue weighted by Crippen LogP contribution is -2.31. The van der Waals surface area contributed by atoms with Gasteiger partial charge in [-0.15, -0.1) is 11.3 Å². The molecule has 2 rings (SSSR count). The van der Waals surface area contributed by atoms with E-state index in [4.69, 9.17) is 11.0 Å². The molecule has 4 N–H and O–H groups in total. The molecule has 0 saturated heterocycles. The number of rotatable bonds is 5. The van der Waals surface area contributed by atoms with Crippen molar-refractivity contribution in [3.63, 3.8) is 0 Å². The average molecular weight is 314 g/mol. The first kappa shape index (κ1) is 15.5. The molecule has 1 aromatic heterocycles. The number of benzene rings is 1. The van der Waals surface area contributed by atoms with Crippen molar-refractivity contribution in [2.75, 3.05) is 10.6 Å². The predicted octanol–water partition coefficient (Wildman–Crippen LogP) is 2.16. The van der Waals surface area contributed by atoms with E-state index < -0.39 is 11.9 Å². The molecule has 1 aromatic carbocycles. The molecule has 0 aliphatic carbocycles. The molecule has 0 radical (unpaired) electrons. The monoisotopic (exact) mass is 314 g/mol. The van der Waals surface area contributed by atoms with Gasteiger partial charge in [-0.2, -0.15) is 5.26 Å². The Morgan fingerprint density at radius 2 is 2.14 bits per heavy atom. The van der Waals surface area contributed by atoms with Gasteiger partial charge in [0, 0.05) is 11.3 Å². The van der Waals surface area contributed by atoms with Crippen LogP contribution in [-0.4, -0.2) is 17.9 Å². The quantitative estimate of drug-likeness (QED) is 0.785. The smallest absolute Gasteiger partial charge is 0.248 e. The van der Waals surface area contributed by atoms with E-state index in [2.05, 4.69) is 10.6 Å². The lowest BCUT2D eigenvalue weighted by atomic mass is 10.2. The normalized spacial score (nSPS) is 11.3. The van der Waals surface area contributed by atoms with Crippen LogP contribution in [0.3, 0.4) is 0 Å². The number of nitrogens with two attached hydrogens (primary N) is 1. The Balaban J connectivity index is 2.04. The van der Waals surface area contributed by atoms with Crippen molar-refractivity contribution in [2.24, 2.45) is 5.73 Å². The first-order valence-corrected chi connectivity index (χ1v) is 7.34. The van der Waals surface area contributed by atoms with Crippen molar-refractivity contribution in [3.05, 3.63) is 46.8 Å². The molecule has 0 saturated carbocycles. The standard InChI is InChI=1S/C15H14N4O2S/c1-9(14(21)19-15-11(8-16)5-6-22-15)18-12-4-2-3-10(7-12)13(17)20/h2-7,9,18H,1H3,(H2,17,20)(H,19,21). The van der Waals surface area contributed by atoms with Gasteiger partial charge in [0.2, 0.25) is 11.8 Å². The summed E-state index contributed by atoms with van der Waals surface area (Å²) in [6.07, 6.45) is 0. The number of nitriles is 1. The highest BCUT2D eigenvalue weighted by Crippen LogP contribution is 2.22. The van der Waals surface area contributed by atoms with Gasteiger partial charge in [0.05, 0.1) is 5.56 Å². The Kier molecular flexibility index (Phi) is 4.76. The summed E-state index contributed by atoms with van der Waals surface area (Å²) in [5.74, 6) is -0.804. The zero-order chi connectivity index (χ0) is 16.1. The molecular formula is C15H14N4O2S. The molecule has 1 heterocycles. The van der Waals surface area contributed by atoms with E-state index in [0.29, 0.717) is 21.8 Å². The summed E-state index contributed by atoms with van der Waals surface area (Å²) < 4.78 is 0. The number of hydrogen-bond acceptors (Lipinski definition) is 5. The summed E-state index contributed by atoms with van der Waals surface area (Å²) in [7, 11) is 0. The molecule has 0 aliphatic rings. The summed E-state index contributed by atoms with van der Waals surface area (Å²) in [4.78, 5) is 23.3. The van der Waals surface area contributed by atoms with E-state index in [1.54, 1.807) is 42.6 Å². The fourth-order valence-corrected chi connectivity index (χ4v) is 2.53. The third kappa shape index (κ3) is 3.62. The number of hydrogen-bond donors (Lipinski definition) is 3. The Labute approximate surface area is 131 Å². The average Bonchev–Trinajstić information content (AvgIpc) is 2.94. The number of thiophene rings is 1. The van der Waals surface area contributed by atoms with Crippen LogP contribution in [0.5, 0.6) is 0 Å². The second-order valence-electron chi connectivity index (χ2n) is 4.58. The summed E-state index contributed by atoms with van der Waals surface area (Å²) in [5.41, 5.74) is 6.63. The minimum absolute atomic E-state index is 0.275. The Hall–Kier alpha value is -2.85. The van der Waals surface area contributed by atoms with Crippen LogP contribution in [0, 0.1) is 11.3 Å². The largest absolute Gasteiger partial charge is 0.374 e. The molecule has 0 spiro atoms. The molecular weight excluding hydrogens is 300 g/mol. The Bertz CT molecular complexity index is 748. The van der Waals surface area contributed by atoms with Crippen molar-refractivity contribution >= 4 is 33.8 Å². The van der Waals surface area contributed by atoms with Gasteiger partial charge in [0.15, 0.2) is 0 Å². The molecule has 0 fully saturated rings. The lowest BCUT2D eigenvalue weighted by Gasteiger charge is -2.15. The van der Waals surface area contributed by atoms with Crippen LogP contribution >= 0.6 is 11.3 Å². The highest BCUT2D eigenvalue weighted by molar-refractivity contribution is 7.14. The van der Waals surface area contributed by atoms with Gasteiger partial charge in [0.1, 0.15) is 17.1 Å². The minimum Gasteiger partial charge on any atom is -0.374 e. The SMILES string of the molecule is CC(Nc1cccc(C(N)=O)c1)C(=O)Nc1sccc1C#N. The molecule has 22 heavy (non-hydrogen) atoms. The fraction of sp³-hybridized carbons (Fsp3) is 0.133. The molecule has 112 valence electrons. The molecule has 7 heteroatoms. The first-order valence-electron chi connectivity index (χ1n) is 6.46. The van der Waals surface area contributed by atoms with Crippen LogP contribution in [0.15, 0.2) is 35.7 Å². The van der Waals surface area contributed by atoms with Crippen LogP contribution in [0.1, 0.15) is 22.8 Å². The van der Waals surface area contributed by atoms with Crippen LogP contribution in [0.2, 0.25) is 0 Å². The van der Waals surface area contributed by atoms with E-state index in [9.17, 15) is 9.59 Å². The van der Waals surface area contributed by atoms with E-state index in [0.717, 1.165) is 0 Å². The zero-order valence-corrected chi connectivity index (χ0v) is 12.6. The topological polar surface area (TPSA) is 108 Å². The van der Waals surface area contributed by atoms with E-state index in [1.807, 2.05) is 6.07 Å². The minimum atomic E-state index is -0.545. The van der Waals surface area contributed by atoms with Gasteiger partial charge in [-0.25, -0.2) is 0 Å². The fourth-order valence-electron chi connectivity index (χ4n) is 1.79. The van der Waals surface area contributed by atoms with Crippen molar-refractivity contribution in [3.8, 4) is 6.07 Å². The predicted molar refractivity (Wildman–Crippen MR) is 85.7 cm³/mol. The highest BCUT2D eigenvalue weighted by Gasteiger charge is 2.15. The molecule has 2 aromatic rings. The van der Waals surface area contributed by atoms with Crippen molar-refractivity contribution in [1.82, 2.24) is 0 Å². The summed E-state index contributed by atoms with van der Waals surface area (Å²) >= 11 is 1.29. The molecule has 1 atom stereocenters. The summed E-state index contributed by atoms with van der Waals surface area (Å²) in [6.45, 7) is 1.69. The third-order valence-electron chi connectivity index (χ3n) is 2.95. The van der Waals surface area contributed by atoms with E-state index >= 15 is 0 Å². The molecule has 1 unspecified atom stereocenters. The highest BCUT2D eigenvalue weighted by atomic mass is 32.1. The zero-order valence-electron chi connectivity index (χ0n) is 11.8. The van der Waals surface area contributed by atoms with Gasteiger partial charge in [-0.3, -0.25) is 9.59 Å². The van der Waals surface area contributed by atoms with Crippen molar-refractivity contribution in [2.45, 2.75) is 13.0 Å². The van der Waals surface area contributed by atoms with Crippen LogP contribution in [-0.2, 0) is 4.79 Å². The van der Waals surface area contributed by atoms with Gasteiger partial charge in [-0.1, -0.05) is 6.07 Å². The Morgan fingerprint density at radius 3 is 2.82 bits per heavy atom. The maximum atomic E-state index is 12.1. The molecule has 0 bridgehead atoms. The molecule has 0 aliphatic heterocycles. The number of primary amides is 1. The van der Waals surface area contributed by atoms with Gasteiger partial charge >= 0.3 is 0 Å². The summed E-state index contributed by atoms with van der Waals surface area (Å²) in [6, 6.07) is 9.72. The number of carbonyl (C=O) groups excluding carboxylic acids is 2. The first-order chi connectivity index (χ1) is 10.5. The van der Waals surface area contributed by atoms with E-state index in [-0.39, 0.29) is 5.91 Å².